The van der Waals surface area contributed by atoms with Crippen molar-refractivity contribution < 1.29 is 9.53 Å². The van der Waals surface area contributed by atoms with Crippen LogP contribution in [0.4, 0.5) is 5.13 Å². The monoisotopic (exact) mass is 415 g/mol. The van der Waals surface area contributed by atoms with Gasteiger partial charge in [-0.25, -0.2) is 4.98 Å². The van der Waals surface area contributed by atoms with E-state index in [1.165, 1.54) is 35.9 Å². The fourth-order valence-electron chi connectivity index (χ4n) is 2.86. The van der Waals surface area contributed by atoms with Gasteiger partial charge in [-0.05, 0) is 44.0 Å². The Kier molecular flexibility index (Phi) is 5.63. The molecule has 9 heteroatoms. The van der Waals surface area contributed by atoms with Crippen LogP contribution in [0.3, 0.4) is 0 Å². The number of aromatic nitrogens is 4. The van der Waals surface area contributed by atoms with Gasteiger partial charge < -0.3 is 14.6 Å². The van der Waals surface area contributed by atoms with Crippen molar-refractivity contribution in [1.29, 1.82) is 0 Å². The molecule has 1 aromatic carbocycles. The number of ether oxygens (including phenoxy) is 1. The standard InChI is InChI=1S/C19H21N5O2S2/c1-3-24-17(13-4-5-13)22-23-19(24)28-11-16(25)21-18-20-15(10-27-18)12-6-8-14(26-2)9-7-12/h6-10,13H,3-5,11H2,1-2H3,(H,20,21,25). The van der Waals surface area contributed by atoms with Gasteiger partial charge in [0.05, 0.1) is 18.6 Å². The molecule has 0 bridgehead atoms. The number of nitrogens with zero attached hydrogens (tertiary/aromatic N) is 4. The third-order valence-electron chi connectivity index (χ3n) is 4.47. The number of thioether (sulfide) groups is 1. The van der Waals surface area contributed by atoms with Crippen LogP contribution in [0.5, 0.6) is 5.75 Å². The predicted molar refractivity (Wildman–Crippen MR) is 111 cm³/mol. The minimum absolute atomic E-state index is 0.0979. The zero-order valence-electron chi connectivity index (χ0n) is 15.7. The zero-order valence-corrected chi connectivity index (χ0v) is 17.3. The highest BCUT2D eigenvalue weighted by Crippen LogP contribution is 2.40. The maximum atomic E-state index is 12.3. The first-order valence-electron chi connectivity index (χ1n) is 9.13. The van der Waals surface area contributed by atoms with Gasteiger partial charge in [-0.2, -0.15) is 0 Å². The van der Waals surface area contributed by atoms with Crippen LogP contribution in [0.1, 0.15) is 31.5 Å². The summed E-state index contributed by atoms with van der Waals surface area (Å²) in [5, 5.41) is 14.8. The Morgan fingerprint density at radius 2 is 2.11 bits per heavy atom. The Hall–Kier alpha value is -2.39. The molecule has 2 heterocycles. The number of hydrogen-bond donors (Lipinski definition) is 1. The van der Waals surface area contributed by atoms with Crippen molar-refractivity contribution >= 4 is 34.1 Å². The van der Waals surface area contributed by atoms with Crippen LogP contribution in [0, 0.1) is 0 Å². The fourth-order valence-corrected chi connectivity index (χ4v) is 4.40. The molecule has 0 unspecified atom stereocenters. The molecule has 0 radical (unpaired) electrons. The molecule has 28 heavy (non-hydrogen) atoms. The van der Waals surface area contributed by atoms with Gasteiger partial charge in [0.25, 0.3) is 0 Å². The first kappa shape index (κ1) is 18.9. The first-order valence-corrected chi connectivity index (χ1v) is 11.0. The van der Waals surface area contributed by atoms with Gasteiger partial charge in [0.2, 0.25) is 5.91 Å². The van der Waals surface area contributed by atoms with E-state index in [9.17, 15) is 4.79 Å². The predicted octanol–water partition coefficient (Wildman–Crippen LogP) is 4.04. The van der Waals surface area contributed by atoms with Gasteiger partial charge in [0.1, 0.15) is 11.6 Å². The molecule has 1 fully saturated rings. The SMILES string of the molecule is CCn1c(SCC(=O)Nc2nc(-c3ccc(OC)cc3)cs2)nnc1C1CC1. The number of carbonyl (C=O) groups is 1. The van der Waals surface area contributed by atoms with E-state index in [0.717, 1.165) is 34.5 Å². The molecule has 1 saturated carbocycles. The largest absolute Gasteiger partial charge is 0.497 e. The van der Waals surface area contributed by atoms with E-state index in [2.05, 4.69) is 32.0 Å². The lowest BCUT2D eigenvalue weighted by Gasteiger charge is -2.06. The van der Waals surface area contributed by atoms with Crippen LogP contribution >= 0.6 is 23.1 Å². The van der Waals surface area contributed by atoms with Crippen molar-refractivity contribution in [3.8, 4) is 17.0 Å². The molecule has 0 saturated heterocycles. The molecule has 1 amide bonds. The second-order valence-electron chi connectivity index (χ2n) is 6.46. The Labute approximate surface area is 171 Å². The highest BCUT2D eigenvalue weighted by Gasteiger charge is 2.30. The van der Waals surface area contributed by atoms with Crippen LogP contribution < -0.4 is 10.1 Å². The number of thiazole rings is 1. The van der Waals surface area contributed by atoms with E-state index in [1.807, 2.05) is 29.6 Å². The molecular formula is C19H21N5O2S2. The second kappa shape index (κ2) is 8.32. The van der Waals surface area contributed by atoms with E-state index < -0.39 is 0 Å². The molecule has 1 aliphatic carbocycles. The lowest BCUT2D eigenvalue weighted by Crippen LogP contribution is -2.14. The quantitative estimate of drug-likeness (QED) is 0.559. The molecular weight excluding hydrogens is 394 g/mol. The van der Waals surface area contributed by atoms with Gasteiger partial charge in [-0.1, -0.05) is 11.8 Å². The number of anilines is 1. The van der Waals surface area contributed by atoms with Crippen molar-refractivity contribution in [2.24, 2.45) is 0 Å². The van der Waals surface area contributed by atoms with E-state index in [-0.39, 0.29) is 11.7 Å². The summed E-state index contributed by atoms with van der Waals surface area (Å²) in [4.78, 5) is 16.8. The minimum Gasteiger partial charge on any atom is -0.497 e. The van der Waals surface area contributed by atoms with E-state index in [1.54, 1.807) is 7.11 Å². The topological polar surface area (TPSA) is 81.9 Å². The number of hydrogen-bond acceptors (Lipinski definition) is 7. The number of nitrogens with one attached hydrogen (secondary N) is 1. The minimum atomic E-state index is -0.0979. The van der Waals surface area contributed by atoms with Gasteiger partial charge in [-0.3, -0.25) is 4.79 Å². The third kappa shape index (κ3) is 4.20. The van der Waals surface area contributed by atoms with Crippen molar-refractivity contribution in [3.63, 3.8) is 0 Å². The van der Waals surface area contributed by atoms with Crippen LogP contribution in [0.25, 0.3) is 11.3 Å². The van der Waals surface area contributed by atoms with Crippen LogP contribution in [-0.4, -0.2) is 38.5 Å². The summed E-state index contributed by atoms with van der Waals surface area (Å²) >= 11 is 2.82. The maximum absolute atomic E-state index is 12.3. The Balaban J connectivity index is 1.35. The van der Waals surface area contributed by atoms with Crippen LogP contribution in [-0.2, 0) is 11.3 Å². The molecule has 4 rings (SSSR count). The summed E-state index contributed by atoms with van der Waals surface area (Å²) in [6.07, 6.45) is 2.37. The lowest BCUT2D eigenvalue weighted by atomic mass is 10.2. The highest BCUT2D eigenvalue weighted by atomic mass is 32.2. The molecule has 1 aliphatic rings. The summed E-state index contributed by atoms with van der Waals surface area (Å²) in [5.41, 5.74) is 1.81. The molecule has 1 N–H and O–H groups in total. The molecule has 2 aromatic heterocycles. The molecule has 0 atom stereocenters. The summed E-state index contributed by atoms with van der Waals surface area (Å²) in [6.45, 7) is 2.90. The number of methoxy groups -OCH3 is 1. The highest BCUT2D eigenvalue weighted by molar-refractivity contribution is 7.99. The van der Waals surface area contributed by atoms with Crippen molar-refractivity contribution in [1.82, 2.24) is 19.7 Å². The van der Waals surface area contributed by atoms with E-state index in [4.69, 9.17) is 4.74 Å². The van der Waals surface area contributed by atoms with Crippen molar-refractivity contribution in [3.05, 3.63) is 35.5 Å². The van der Waals surface area contributed by atoms with Crippen LogP contribution in [0.2, 0.25) is 0 Å². The Bertz CT molecular complexity index is 963. The molecule has 0 aliphatic heterocycles. The van der Waals surface area contributed by atoms with E-state index >= 15 is 0 Å². The van der Waals surface area contributed by atoms with Gasteiger partial charge in [-0.15, -0.1) is 21.5 Å². The molecule has 3 aromatic rings. The molecule has 7 nitrogen and oxygen atoms in total. The van der Waals surface area contributed by atoms with E-state index in [0.29, 0.717) is 11.0 Å². The van der Waals surface area contributed by atoms with Gasteiger partial charge >= 0.3 is 0 Å². The average molecular weight is 416 g/mol. The third-order valence-corrected chi connectivity index (χ3v) is 6.20. The molecule has 146 valence electrons. The molecule has 0 spiro atoms. The maximum Gasteiger partial charge on any atom is 0.236 e. The summed E-state index contributed by atoms with van der Waals surface area (Å²) in [7, 11) is 1.64. The number of rotatable bonds is 8. The second-order valence-corrected chi connectivity index (χ2v) is 8.26. The smallest absolute Gasteiger partial charge is 0.236 e. The normalized spacial score (nSPS) is 13.5. The number of amides is 1. The van der Waals surface area contributed by atoms with Gasteiger partial charge in [0, 0.05) is 23.4 Å². The summed E-state index contributed by atoms with van der Waals surface area (Å²) in [6, 6.07) is 7.68. The van der Waals surface area contributed by atoms with Crippen LogP contribution in [0.15, 0.2) is 34.8 Å². The zero-order chi connectivity index (χ0) is 19.5. The number of carbonyl (C=O) groups excluding carboxylic acids is 1. The van der Waals surface area contributed by atoms with Crippen molar-refractivity contribution in [2.75, 3.05) is 18.2 Å². The lowest BCUT2D eigenvalue weighted by molar-refractivity contribution is -0.113. The first-order chi connectivity index (χ1) is 13.7. The van der Waals surface area contributed by atoms with Gasteiger partial charge in [0.15, 0.2) is 10.3 Å². The average Bonchev–Trinajstić information content (AvgIpc) is 3.32. The summed E-state index contributed by atoms with van der Waals surface area (Å²) in [5.74, 6) is 2.57. The number of benzene rings is 1. The summed E-state index contributed by atoms with van der Waals surface area (Å²) < 4.78 is 7.28. The van der Waals surface area contributed by atoms with Crippen molar-refractivity contribution in [2.45, 2.75) is 37.4 Å². The Morgan fingerprint density at radius 1 is 1.32 bits per heavy atom. The Morgan fingerprint density at radius 3 is 2.79 bits per heavy atom. The fraction of sp³-hybridized carbons (Fsp3) is 0.368.